The van der Waals surface area contributed by atoms with Gasteiger partial charge >= 0.3 is 0 Å². The van der Waals surface area contributed by atoms with Gasteiger partial charge in [0.05, 0.1) is 17.2 Å². The number of nitrogens with zero attached hydrogens (tertiary/aromatic N) is 4. The maximum absolute atomic E-state index is 13.1. The number of hydrogen-bond acceptors (Lipinski definition) is 6. The second-order valence-corrected chi connectivity index (χ2v) is 9.79. The Morgan fingerprint density at radius 2 is 1.62 bits per heavy atom. The molecule has 1 saturated heterocycles. The molecule has 1 aromatic heterocycles. The number of ether oxygens (including phenoxy) is 1. The summed E-state index contributed by atoms with van der Waals surface area (Å²) in [5, 5.41) is 0. The van der Waals surface area contributed by atoms with Crippen molar-refractivity contribution in [1.82, 2.24) is 14.3 Å². The summed E-state index contributed by atoms with van der Waals surface area (Å²) in [6.07, 6.45) is 1.55. The molecule has 8 heteroatoms. The Morgan fingerprint density at radius 3 is 2.28 bits per heavy atom. The highest BCUT2D eigenvalue weighted by atomic mass is 32.2. The van der Waals surface area contributed by atoms with Crippen molar-refractivity contribution in [3.8, 4) is 17.0 Å². The monoisotopic (exact) mass is 452 g/mol. The highest BCUT2D eigenvalue weighted by molar-refractivity contribution is 7.89. The van der Waals surface area contributed by atoms with Crippen LogP contribution >= 0.6 is 0 Å². The third kappa shape index (κ3) is 4.61. The molecule has 0 amide bonds. The van der Waals surface area contributed by atoms with Crippen LogP contribution in [0.2, 0.25) is 0 Å². The number of sulfonamides is 1. The second-order valence-electron chi connectivity index (χ2n) is 7.86. The molecule has 1 aliphatic rings. The molecule has 0 unspecified atom stereocenters. The molecule has 0 atom stereocenters. The lowest BCUT2D eigenvalue weighted by atomic mass is 10.1. The average molecular weight is 453 g/mol. The Kier molecular flexibility index (Phi) is 6.43. The van der Waals surface area contributed by atoms with Crippen LogP contribution < -0.4 is 9.64 Å². The SMILES string of the molecule is CCOc1ccc(-c2cc(N3CCN(S(=O)(=O)c4ccc(C)c(C)c4)CC3)ncn2)cc1. The fourth-order valence-corrected chi connectivity index (χ4v) is 5.26. The van der Waals surface area contributed by atoms with Gasteiger partial charge in [-0.15, -0.1) is 0 Å². The van der Waals surface area contributed by atoms with E-state index in [9.17, 15) is 8.42 Å². The van der Waals surface area contributed by atoms with E-state index in [0.29, 0.717) is 37.7 Å². The quantitative estimate of drug-likeness (QED) is 0.568. The van der Waals surface area contributed by atoms with Gasteiger partial charge in [0, 0.05) is 37.8 Å². The van der Waals surface area contributed by atoms with Gasteiger partial charge < -0.3 is 9.64 Å². The van der Waals surface area contributed by atoms with Crippen LogP contribution in [0.25, 0.3) is 11.3 Å². The van der Waals surface area contributed by atoms with E-state index < -0.39 is 10.0 Å². The molecule has 168 valence electrons. The fourth-order valence-electron chi connectivity index (χ4n) is 3.75. The molecule has 0 radical (unpaired) electrons. The molecule has 7 nitrogen and oxygen atoms in total. The van der Waals surface area contributed by atoms with E-state index in [-0.39, 0.29) is 0 Å². The van der Waals surface area contributed by atoms with Gasteiger partial charge in [0.2, 0.25) is 10.0 Å². The predicted molar refractivity (Wildman–Crippen MR) is 126 cm³/mol. The minimum Gasteiger partial charge on any atom is -0.494 e. The maximum atomic E-state index is 13.1. The molecule has 3 aromatic rings. The molecule has 2 aromatic carbocycles. The van der Waals surface area contributed by atoms with Crippen LogP contribution in [0.15, 0.2) is 59.8 Å². The highest BCUT2D eigenvalue weighted by Gasteiger charge is 2.29. The van der Waals surface area contributed by atoms with Crippen LogP contribution in [0.1, 0.15) is 18.1 Å². The van der Waals surface area contributed by atoms with E-state index >= 15 is 0 Å². The van der Waals surface area contributed by atoms with Crippen LogP contribution in [-0.2, 0) is 10.0 Å². The van der Waals surface area contributed by atoms with Crippen molar-refractivity contribution >= 4 is 15.8 Å². The van der Waals surface area contributed by atoms with E-state index in [0.717, 1.165) is 34.0 Å². The zero-order chi connectivity index (χ0) is 22.7. The molecule has 0 N–H and O–H groups in total. The normalized spacial score (nSPS) is 15.0. The Labute approximate surface area is 189 Å². The lowest BCUT2D eigenvalue weighted by molar-refractivity contribution is 0.340. The molecular weight excluding hydrogens is 424 g/mol. The lowest BCUT2D eigenvalue weighted by Crippen LogP contribution is -2.48. The first kappa shape index (κ1) is 22.2. The summed E-state index contributed by atoms with van der Waals surface area (Å²) in [6, 6.07) is 15.1. The fraction of sp³-hybridized carbons (Fsp3) is 0.333. The summed E-state index contributed by atoms with van der Waals surface area (Å²) in [5.41, 5.74) is 3.87. The predicted octanol–water partition coefficient (Wildman–Crippen LogP) is 3.67. The number of aryl methyl sites for hydroxylation is 2. The Hall–Kier alpha value is -2.97. The van der Waals surface area contributed by atoms with Gasteiger partial charge in [-0.3, -0.25) is 0 Å². The summed E-state index contributed by atoms with van der Waals surface area (Å²) in [5.74, 6) is 1.62. The summed E-state index contributed by atoms with van der Waals surface area (Å²) >= 11 is 0. The van der Waals surface area contributed by atoms with Crippen LogP contribution in [0, 0.1) is 13.8 Å². The van der Waals surface area contributed by atoms with Crippen LogP contribution in [0.3, 0.4) is 0 Å². The number of hydrogen-bond donors (Lipinski definition) is 0. The largest absolute Gasteiger partial charge is 0.494 e. The maximum Gasteiger partial charge on any atom is 0.243 e. The zero-order valence-corrected chi connectivity index (χ0v) is 19.5. The van der Waals surface area contributed by atoms with Crippen molar-refractivity contribution < 1.29 is 13.2 Å². The van der Waals surface area contributed by atoms with E-state index in [1.54, 1.807) is 22.8 Å². The molecule has 1 fully saturated rings. The van der Waals surface area contributed by atoms with Gasteiger partial charge in [-0.05, 0) is 68.3 Å². The van der Waals surface area contributed by atoms with Crippen molar-refractivity contribution in [2.24, 2.45) is 0 Å². The number of piperazine rings is 1. The third-order valence-electron chi connectivity index (χ3n) is 5.79. The summed E-state index contributed by atoms with van der Waals surface area (Å²) < 4.78 is 33.2. The molecular formula is C24H28N4O3S. The van der Waals surface area contributed by atoms with Crippen molar-refractivity contribution in [3.63, 3.8) is 0 Å². The molecule has 0 bridgehead atoms. The van der Waals surface area contributed by atoms with Crippen molar-refractivity contribution in [3.05, 3.63) is 66.0 Å². The number of anilines is 1. The van der Waals surface area contributed by atoms with Crippen LogP contribution in [0.4, 0.5) is 5.82 Å². The van der Waals surface area contributed by atoms with Crippen molar-refractivity contribution in [2.45, 2.75) is 25.7 Å². The molecule has 1 aliphatic heterocycles. The number of rotatable bonds is 6. The van der Waals surface area contributed by atoms with Crippen LogP contribution in [-0.4, -0.2) is 55.5 Å². The number of aromatic nitrogens is 2. The second kappa shape index (κ2) is 9.26. The van der Waals surface area contributed by atoms with E-state index in [1.807, 2.05) is 57.2 Å². The first-order valence-corrected chi connectivity index (χ1v) is 12.2. The van der Waals surface area contributed by atoms with Crippen molar-refractivity contribution in [2.75, 3.05) is 37.7 Å². The van der Waals surface area contributed by atoms with E-state index in [1.165, 1.54) is 0 Å². The average Bonchev–Trinajstić information content (AvgIpc) is 2.82. The molecule has 0 aliphatic carbocycles. The molecule has 2 heterocycles. The van der Waals surface area contributed by atoms with Crippen molar-refractivity contribution in [1.29, 1.82) is 0 Å². The summed E-state index contributed by atoms with van der Waals surface area (Å²) in [4.78, 5) is 11.3. The first-order chi connectivity index (χ1) is 15.4. The number of benzene rings is 2. The third-order valence-corrected chi connectivity index (χ3v) is 7.69. The van der Waals surface area contributed by atoms with Gasteiger partial charge in [0.25, 0.3) is 0 Å². The van der Waals surface area contributed by atoms with Gasteiger partial charge in [0.1, 0.15) is 17.9 Å². The molecule has 4 rings (SSSR count). The van der Waals surface area contributed by atoms with Crippen LogP contribution in [0.5, 0.6) is 5.75 Å². The first-order valence-electron chi connectivity index (χ1n) is 10.8. The zero-order valence-electron chi connectivity index (χ0n) is 18.7. The lowest BCUT2D eigenvalue weighted by Gasteiger charge is -2.34. The topological polar surface area (TPSA) is 75.6 Å². The Bertz CT molecular complexity index is 1190. The smallest absolute Gasteiger partial charge is 0.243 e. The van der Waals surface area contributed by atoms with E-state index in [4.69, 9.17) is 4.74 Å². The minimum atomic E-state index is -3.50. The standard InChI is InChI=1S/C24H28N4O3S/c1-4-31-21-8-6-20(7-9-21)23-16-24(26-17-25-23)27-11-13-28(14-12-27)32(29,30)22-10-5-18(2)19(3)15-22/h5-10,15-17H,4,11-14H2,1-3H3. The Morgan fingerprint density at radius 1 is 0.906 bits per heavy atom. The van der Waals surface area contributed by atoms with Gasteiger partial charge in [-0.25, -0.2) is 18.4 Å². The molecule has 0 saturated carbocycles. The summed E-state index contributed by atoms with van der Waals surface area (Å²) in [6.45, 7) is 8.47. The Balaban J connectivity index is 1.46. The molecule has 0 spiro atoms. The highest BCUT2D eigenvalue weighted by Crippen LogP contribution is 2.25. The summed E-state index contributed by atoms with van der Waals surface area (Å²) in [7, 11) is -3.50. The minimum absolute atomic E-state index is 0.355. The van der Waals surface area contributed by atoms with Gasteiger partial charge in [0.15, 0.2) is 0 Å². The van der Waals surface area contributed by atoms with E-state index in [2.05, 4.69) is 14.9 Å². The molecule has 32 heavy (non-hydrogen) atoms. The van der Waals surface area contributed by atoms with Gasteiger partial charge in [-0.2, -0.15) is 4.31 Å². The van der Waals surface area contributed by atoms with Gasteiger partial charge in [-0.1, -0.05) is 6.07 Å².